The van der Waals surface area contributed by atoms with Crippen molar-refractivity contribution in [1.29, 1.82) is 0 Å². The molecule has 0 spiro atoms. The molecule has 16 heavy (non-hydrogen) atoms. The van der Waals surface area contributed by atoms with Gasteiger partial charge >= 0.3 is 0 Å². The first-order valence-electron chi connectivity index (χ1n) is 4.44. The lowest BCUT2D eigenvalue weighted by Gasteiger charge is -1.98. The molecule has 0 atom stereocenters. The van der Waals surface area contributed by atoms with E-state index in [1.54, 1.807) is 24.3 Å². The Bertz CT molecular complexity index is 360. The van der Waals surface area contributed by atoms with Gasteiger partial charge in [0.25, 0.3) is 0 Å². The van der Waals surface area contributed by atoms with Gasteiger partial charge in [-0.25, -0.2) is 0 Å². The fourth-order valence-corrected chi connectivity index (χ4v) is 1.86. The van der Waals surface area contributed by atoms with Crippen molar-refractivity contribution in [3.05, 3.63) is 35.9 Å². The lowest BCUT2D eigenvalue weighted by molar-refractivity contribution is -0.111. The van der Waals surface area contributed by atoms with Crippen LogP contribution >= 0.6 is 23.4 Å². The van der Waals surface area contributed by atoms with Crippen LogP contribution in [0.25, 0.3) is 0 Å². The summed E-state index contributed by atoms with van der Waals surface area (Å²) in [6, 6.07) is 8.96. The van der Waals surface area contributed by atoms with E-state index < -0.39 is 5.24 Å². The average molecular weight is 255 g/mol. The summed E-state index contributed by atoms with van der Waals surface area (Å²) in [6.45, 7) is 0. The molecule has 0 saturated carbocycles. The number of hydrogen-bond acceptors (Lipinski definition) is 3. The van der Waals surface area contributed by atoms with Crippen molar-refractivity contribution < 1.29 is 9.59 Å². The van der Waals surface area contributed by atoms with Crippen molar-refractivity contribution in [2.75, 3.05) is 5.75 Å². The molecule has 0 amide bonds. The molecule has 0 N–H and O–H groups in total. The highest BCUT2D eigenvalue weighted by Gasteiger charge is 2.06. The minimum Gasteiger partial charge on any atom is -0.282 e. The zero-order valence-electron chi connectivity index (χ0n) is 8.56. The van der Waals surface area contributed by atoms with Gasteiger partial charge in [-0.2, -0.15) is 0 Å². The maximum absolute atomic E-state index is 11.4. The average Bonchev–Trinajstić information content (AvgIpc) is 2.32. The number of halogens is 1. The van der Waals surface area contributed by atoms with Crippen molar-refractivity contribution in [1.82, 2.24) is 0 Å². The molecule has 1 aromatic rings. The van der Waals surface area contributed by atoms with Crippen LogP contribution in [0, 0.1) is 12.8 Å². The quantitative estimate of drug-likeness (QED) is 0.612. The number of benzene rings is 1. The van der Waals surface area contributed by atoms with Crippen LogP contribution in [0.15, 0.2) is 30.3 Å². The van der Waals surface area contributed by atoms with E-state index in [1.807, 2.05) is 6.07 Å². The molecule has 0 aromatic heterocycles. The molecule has 4 heteroatoms. The number of rotatable bonds is 4. The minimum atomic E-state index is -0.404. The van der Waals surface area contributed by atoms with Crippen LogP contribution in [0.2, 0.25) is 0 Å². The Hall–Kier alpha value is -1.24. The van der Waals surface area contributed by atoms with E-state index in [4.69, 9.17) is 11.6 Å². The summed E-state index contributed by atoms with van der Waals surface area (Å²) in [5.41, 5.74) is 0.652. The predicted octanol–water partition coefficient (Wildman–Crippen LogP) is 2.96. The van der Waals surface area contributed by atoms with Gasteiger partial charge in [0, 0.05) is 17.7 Å². The van der Waals surface area contributed by atoms with E-state index in [0.717, 1.165) is 11.8 Å². The number of carbonyl (C=O) groups is 2. The summed E-state index contributed by atoms with van der Waals surface area (Å²) in [4.78, 5) is 21.8. The normalized spacial score (nSPS) is 8.69. The molecular weight excluding hydrogens is 244 g/mol. The summed E-state index contributed by atoms with van der Waals surface area (Å²) in [6.07, 6.45) is 8.23. The summed E-state index contributed by atoms with van der Waals surface area (Å²) in [7, 11) is 0. The summed E-state index contributed by atoms with van der Waals surface area (Å²) >= 11 is 6.26. The molecular formula is C12H11ClO2S. The molecule has 2 nitrogen and oxygen atoms in total. The van der Waals surface area contributed by atoms with Gasteiger partial charge in [-0.05, 0) is 11.6 Å². The second-order valence-corrected chi connectivity index (χ2v) is 4.10. The van der Waals surface area contributed by atoms with E-state index >= 15 is 0 Å². The van der Waals surface area contributed by atoms with Crippen molar-refractivity contribution in [3.63, 3.8) is 0 Å². The number of terminal acetylenes is 1. The first kappa shape index (κ1) is 14.8. The summed E-state index contributed by atoms with van der Waals surface area (Å²) < 4.78 is 0. The van der Waals surface area contributed by atoms with E-state index in [-0.39, 0.29) is 11.5 Å². The third-order valence-corrected chi connectivity index (χ3v) is 2.64. The predicted molar refractivity (Wildman–Crippen MR) is 68.6 cm³/mol. The number of hydrogen-bond donors (Lipinski definition) is 0. The van der Waals surface area contributed by atoms with Crippen LogP contribution in [0.5, 0.6) is 0 Å². The Balaban J connectivity index is 0.00000106. The van der Waals surface area contributed by atoms with Crippen molar-refractivity contribution in [2.24, 2.45) is 0 Å². The topological polar surface area (TPSA) is 34.1 Å². The summed E-state index contributed by atoms with van der Waals surface area (Å²) in [5.74, 6) is 0.441. The Labute approximate surface area is 104 Å². The minimum absolute atomic E-state index is 0.0245. The molecule has 0 aliphatic heterocycles. The molecule has 0 fully saturated rings. The SMILES string of the molecule is C#C.O=C(Cl)CCSC(=O)c1ccccc1. The van der Waals surface area contributed by atoms with Gasteiger partial charge in [-0.15, -0.1) is 12.8 Å². The third kappa shape index (κ3) is 6.28. The Morgan fingerprint density at radius 2 is 1.75 bits per heavy atom. The second kappa shape index (κ2) is 9.02. The highest BCUT2D eigenvalue weighted by Crippen LogP contribution is 2.13. The Morgan fingerprint density at radius 1 is 1.19 bits per heavy atom. The first-order chi connectivity index (χ1) is 7.70. The van der Waals surface area contributed by atoms with Gasteiger partial charge in [-0.1, -0.05) is 42.1 Å². The number of thioether (sulfide) groups is 1. The number of carbonyl (C=O) groups excluding carboxylic acids is 2. The monoisotopic (exact) mass is 254 g/mol. The van der Waals surface area contributed by atoms with Gasteiger partial charge in [0.15, 0.2) is 0 Å². The van der Waals surface area contributed by atoms with Crippen LogP contribution < -0.4 is 0 Å². The molecule has 0 bridgehead atoms. The zero-order chi connectivity index (χ0) is 12.4. The van der Waals surface area contributed by atoms with Crippen molar-refractivity contribution in [3.8, 4) is 12.8 Å². The maximum atomic E-state index is 11.4. The molecule has 0 aliphatic rings. The van der Waals surface area contributed by atoms with Crippen LogP contribution in [0.1, 0.15) is 16.8 Å². The summed E-state index contributed by atoms with van der Waals surface area (Å²) in [5, 5.41) is -0.429. The van der Waals surface area contributed by atoms with Crippen LogP contribution in [0.3, 0.4) is 0 Å². The van der Waals surface area contributed by atoms with Crippen LogP contribution in [-0.2, 0) is 4.79 Å². The van der Waals surface area contributed by atoms with Gasteiger partial charge in [0.1, 0.15) is 0 Å². The first-order valence-corrected chi connectivity index (χ1v) is 5.80. The fourth-order valence-electron chi connectivity index (χ4n) is 0.882. The van der Waals surface area contributed by atoms with Crippen LogP contribution in [-0.4, -0.2) is 16.1 Å². The lowest BCUT2D eigenvalue weighted by atomic mass is 10.2. The molecule has 84 valence electrons. The van der Waals surface area contributed by atoms with Gasteiger partial charge < -0.3 is 0 Å². The van der Waals surface area contributed by atoms with Crippen LogP contribution in [0.4, 0.5) is 0 Å². The van der Waals surface area contributed by atoms with Gasteiger partial charge in [0.05, 0.1) is 0 Å². The molecule has 0 unspecified atom stereocenters. The highest BCUT2D eigenvalue weighted by atomic mass is 35.5. The highest BCUT2D eigenvalue weighted by molar-refractivity contribution is 8.14. The van der Waals surface area contributed by atoms with Crippen molar-refractivity contribution in [2.45, 2.75) is 6.42 Å². The fraction of sp³-hybridized carbons (Fsp3) is 0.167. The molecule has 1 rings (SSSR count). The third-order valence-electron chi connectivity index (χ3n) is 1.54. The molecule has 0 saturated heterocycles. The Kier molecular flexibility index (Phi) is 8.32. The zero-order valence-corrected chi connectivity index (χ0v) is 10.1. The van der Waals surface area contributed by atoms with E-state index in [2.05, 4.69) is 12.8 Å². The maximum Gasteiger partial charge on any atom is 0.222 e. The molecule has 0 radical (unpaired) electrons. The molecule has 0 aliphatic carbocycles. The molecule has 1 aromatic carbocycles. The van der Waals surface area contributed by atoms with Gasteiger partial charge in [0.2, 0.25) is 10.4 Å². The molecule has 0 heterocycles. The Morgan fingerprint density at radius 3 is 2.25 bits per heavy atom. The van der Waals surface area contributed by atoms with E-state index in [9.17, 15) is 9.59 Å². The smallest absolute Gasteiger partial charge is 0.222 e. The standard InChI is InChI=1S/C10H9ClO2S.C2H2/c11-9(12)6-7-14-10(13)8-4-2-1-3-5-8;1-2/h1-5H,6-7H2;1-2H. The van der Waals surface area contributed by atoms with Gasteiger partial charge in [-0.3, -0.25) is 9.59 Å². The van der Waals surface area contributed by atoms with Crippen molar-refractivity contribution >= 4 is 33.7 Å². The van der Waals surface area contributed by atoms with E-state index in [1.165, 1.54) is 0 Å². The second-order valence-electron chi connectivity index (χ2n) is 2.61. The lowest BCUT2D eigenvalue weighted by Crippen LogP contribution is -1.96. The largest absolute Gasteiger partial charge is 0.282 e. The van der Waals surface area contributed by atoms with E-state index in [0.29, 0.717) is 11.3 Å².